The Morgan fingerprint density at radius 2 is 1.91 bits per heavy atom. The molecule has 2 amide bonds. The Balaban J connectivity index is 1.64. The molecule has 1 aliphatic carbocycles. The Morgan fingerprint density at radius 1 is 1.18 bits per heavy atom. The minimum absolute atomic E-state index is 0.146. The molecule has 1 N–H and O–H groups in total. The van der Waals surface area contributed by atoms with E-state index in [1.54, 1.807) is 31.4 Å². The van der Waals surface area contributed by atoms with Gasteiger partial charge in [0.05, 0.1) is 39.1 Å². The quantitative estimate of drug-likeness (QED) is 0.617. The van der Waals surface area contributed by atoms with Crippen LogP contribution in [0, 0.1) is 0 Å². The molecule has 2 aromatic heterocycles. The number of carbonyl (C=O) groups is 2. The average Bonchev–Trinajstić information content (AvgIpc) is 3.58. The maximum absolute atomic E-state index is 13.9. The van der Waals surface area contributed by atoms with Crippen LogP contribution in [0.3, 0.4) is 0 Å². The maximum Gasteiger partial charge on any atom is 0.271 e. The third-order valence-electron chi connectivity index (χ3n) is 7.02. The summed E-state index contributed by atoms with van der Waals surface area (Å²) >= 11 is 0. The van der Waals surface area contributed by atoms with Gasteiger partial charge in [-0.1, -0.05) is 12.8 Å². The molecule has 1 fully saturated rings. The first-order valence-electron chi connectivity index (χ1n) is 11.4. The molecular formula is C25H29N3O5. The molecule has 3 aromatic rings. The highest BCUT2D eigenvalue weighted by molar-refractivity contribution is 6.05. The molecule has 1 saturated carbocycles. The second-order valence-electron chi connectivity index (χ2n) is 9.05. The van der Waals surface area contributed by atoms with Gasteiger partial charge in [-0.3, -0.25) is 9.59 Å². The predicted octanol–water partition coefficient (Wildman–Crippen LogP) is 3.73. The molecule has 1 atom stereocenters. The van der Waals surface area contributed by atoms with Crippen LogP contribution < -0.4 is 14.8 Å². The summed E-state index contributed by atoms with van der Waals surface area (Å²) in [6, 6.07) is 9.22. The lowest BCUT2D eigenvalue weighted by atomic mass is 9.94. The number of nitrogens with zero attached hydrogens (tertiary/aromatic N) is 2. The molecule has 5 rings (SSSR count). The van der Waals surface area contributed by atoms with Crippen molar-refractivity contribution in [1.82, 2.24) is 14.8 Å². The number of carbonyl (C=O) groups excluding carboxylic acids is 2. The van der Waals surface area contributed by atoms with Gasteiger partial charge in [-0.15, -0.1) is 0 Å². The van der Waals surface area contributed by atoms with Gasteiger partial charge in [0.25, 0.3) is 5.91 Å². The van der Waals surface area contributed by atoms with Gasteiger partial charge >= 0.3 is 0 Å². The van der Waals surface area contributed by atoms with Crippen LogP contribution in [-0.2, 0) is 17.9 Å². The van der Waals surface area contributed by atoms with E-state index in [-0.39, 0.29) is 24.4 Å². The Hall–Kier alpha value is -3.42. The van der Waals surface area contributed by atoms with Crippen molar-refractivity contribution < 1.29 is 23.5 Å². The zero-order chi connectivity index (χ0) is 23.2. The molecule has 0 bridgehead atoms. The lowest BCUT2D eigenvalue weighted by Crippen LogP contribution is -2.64. The van der Waals surface area contributed by atoms with Crippen molar-refractivity contribution in [1.29, 1.82) is 0 Å². The molecule has 33 heavy (non-hydrogen) atoms. The standard InChI is InChI=1S/C25H29N3O5/c1-25(24(30)26-16-7-4-5-8-16)15-27-19(23(29)28(25)14-17-9-6-12-33-17)13-18-20(31-2)10-11-21(32-3)22(18)27/h6,9-13,16H,4-5,7-8,14-15H2,1-3H3,(H,26,30). The number of furan rings is 1. The summed E-state index contributed by atoms with van der Waals surface area (Å²) in [7, 11) is 3.20. The number of nitrogens with one attached hydrogen (secondary N) is 1. The first-order valence-corrected chi connectivity index (χ1v) is 11.4. The second kappa shape index (κ2) is 8.17. The summed E-state index contributed by atoms with van der Waals surface area (Å²) in [6.07, 6.45) is 5.74. The van der Waals surface area contributed by atoms with E-state index in [9.17, 15) is 9.59 Å². The van der Waals surface area contributed by atoms with Crippen molar-refractivity contribution in [3.8, 4) is 11.5 Å². The van der Waals surface area contributed by atoms with Crippen molar-refractivity contribution in [3.63, 3.8) is 0 Å². The van der Waals surface area contributed by atoms with Crippen LogP contribution >= 0.6 is 0 Å². The third kappa shape index (κ3) is 3.44. The number of hydrogen-bond acceptors (Lipinski definition) is 5. The summed E-state index contributed by atoms with van der Waals surface area (Å²) in [4.78, 5) is 29.2. The van der Waals surface area contributed by atoms with E-state index in [0.717, 1.165) is 36.6 Å². The number of amides is 2. The highest BCUT2D eigenvalue weighted by atomic mass is 16.5. The van der Waals surface area contributed by atoms with Crippen LogP contribution in [0.2, 0.25) is 0 Å². The largest absolute Gasteiger partial charge is 0.496 e. The number of aromatic nitrogens is 1. The van der Waals surface area contributed by atoms with E-state index in [2.05, 4.69) is 5.32 Å². The molecular weight excluding hydrogens is 422 g/mol. The SMILES string of the molecule is COc1ccc(OC)c2c1cc1n2CC(C)(C(=O)NC2CCCC2)N(Cc2ccco2)C1=O. The van der Waals surface area contributed by atoms with E-state index < -0.39 is 5.54 Å². The predicted molar refractivity (Wildman–Crippen MR) is 122 cm³/mol. The smallest absolute Gasteiger partial charge is 0.271 e. The van der Waals surface area contributed by atoms with Crippen molar-refractivity contribution in [3.05, 3.63) is 48.0 Å². The fourth-order valence-corrected chi connectivity index (χ4v) is 5.17. The maximum atomic E-state index is 13.9. The first kappa shape index (κ1) is 21.4. The Bertz CT molecular complexity index is 1190. The third-order valence-corrected chi connectivity index (χ3v) is 7.02. The van der Waals surface area contributed by atoms with Crippen LogP contribution in [0.4, 0.5) is 0 Å². The molecule has 8 heteroatoms. The molecule has 0 radical (unpaired) electrons. The number of fused-ring (bicyclic) bond motifs is 3. The molecule has 1 aromatic carbocycles. The Kier molecular flexibility index (Phi) is 5.31. The van der Waals surface area contributed by atoms with Gasteiger partial charge in [-0.25, -0.2) is 0 Å². The molecule has 174 valence electrons. The van der Waals surface area contributed by atoms with E-state index in [0.29, 0.717) is 29.5 Å². The average molecular weight is 452 g/mol. The van der Waals surface area contributed by atoms with E-state index >= 15 is 0 Å². The van der Waals surface area contributed by atoms with Crippen LogP contribution in [-0.4, -0.2) is 47.1 Å². The van der Waals surface area contributed by atoms with Gasteiger partial charge in [0.1, 0.15) is 28.5 Å². The molecule has 0 spiro atoms. The zero-order valence-electron chi connectivity index (χ0n) is 19.2. The number of hydrogen-bond donors (Lipinski definition) is 1. The van der Waals surface area contributed by atoms with Crippen LogP contribution in [0.5, 0.6) is 11.5 Å². The highest BCUT2D eigenvalue weighted by Gasteiger charge is 2.49. The summed E-state index contributed by atoms with van der Waals surface area (Å²) in [5.74, 6) is 1.52. The second-order valence-corrected chi connectivity index (χ2v) is 9.05. The highest BCUT2D eigenvalue weighted by Crippen LogP contribution is 2.40. The van der Waals surface area contributed by atoms with Gasteiger partial charge in [0.2, 0.25) is 5.91 Å². The summed E-state index contributed by atoms with van der Waals surface area (Å²) < 4.78 is 18.6. The summed E-state index contributed by atoms with van der Waals surface area (Å²) in [5.41, 5.74) is 0.128. The molecule has 3 heterocycles. The summed E-state index contributed by atoms with van der Waals surface area (Å²) in [6.45, 7) is 2.33. The van der Waals surface area contributed by atoms with Gasteiger partial charge in [0.15, 0.2) is 0 Å². The van der Waals surface area contributed by atoms with E-state index in [1.807, 2.05) is 35.8 Å². The number of ether oxygens (including phenoxy) is 2. The van der Waals surface area contributed by atoms with Crippen molar-refractivity contribution >= 4 is 22.7 Å². The van der Waals surface area contributed by atoms with Crippen molar-refractivity contribution in [2.24, 2.45) is 0 Å². The molecule has 2 aliphatic rings. The monoisotopic (exact) mass is 451 g/mol. The Morgan fingerprint density at radius 3 is 2.58 bits per heavy atom. The molecule has 8 nitrogen and oxygen atoms in total. The lowest BCUT2D eigenvalue weighted by Gasteiger charge is -2.44. The zero-order valence-corrected chi connectivity index (χ0v) is 19.2. The first-order chi connectivity index (χ1) is 16.0. The molecule has 1 unspecified atom stereocenters. The van der Waals surface area contributed by atoms with Crippen LogP contribution in [0.25, 0.3) is 10.9 Å². The number of methoxy groups -OCH3 is 2. The number of benzene rings is 1. The van der Waals surface area contributed by atoms with Gasteiger partial charge in [-0.05, 0) is 50.1 Å². The molecule has 0 saturated heterocycles. The molecule has 1 aliphatic heterocycles. The van der Waals surface area contributed by atoms with Crippen molar-refractivity contribution in [2.75, 3.05) is 14.2 Å². The van der Waals surface area contributed by atoms with E-state index in [1.165, 1.54) is 0 Å². The fraction of sp³-hybridized carbons (Fsp3) is 0.440. The normalized spacial score (nSPS) is 20.8. The number of rotatable bonds is 6. The van der Waals surface area contributed by atoms with Crippen LogP contribution in [0.1, 0.15) is 48.9 Å². The van der Waals surface area contributed by atoms with E-state index in [4.69, 9.17) is 13.9 Å². The topological polar surface area (TPSA) is 85.9 Å². The Labute approximate surface area is 192 Å². The minimum Gasteiger partial charge on any atom is -0.496 e. The van der Waals surface area contributed by atoms with Crippen LogP contribution in [0.15, 0.2) is 41.0 Å². The van der Waals surface area contributed by atoms with Gasteiger partial charge in [0, 0.05) is 11.4 Å². The van der Waals surface area contributed by atoms with Gasteiger partial charge in [-0.2, -0.15) is 0 Å². The minimum atomic E-state index is -1.11. The summed E-state index contributed by atoms with van der Waals surface area (Å²) in [5, 5.41) is 3.99. The lowest BCUT2D eigenvalue weighted by molar-refractivity contribution is -0.134. The van der Waals surface area contributed by atoms with Crippen molar-refractivity contribution in [2.45, 2.75) is 57.3 Å². The fourth-order valence-electron chi connectivity index (χ4n) is 5.17. The van der Waals surface area contributed by atoms with Gasteiger partial charge < -0.3 is 28.7 Å².